The summed E-state index contributed by atoms with van der Waals surface area (Å²) >= 11 is 3.35. The first kappa shape index (κ1) is 16.5. The molecule has 0 radical (unpaired) electrons. The first-order valence-corrected chi connectivity index (χ1v) is 8.26. The second-order valence-electron chi connectivity index (χ2n) is 5.54. The third-order valence-corrected chi connectivity index (χ3v) is 4.52. The van der Waals surface area contributed by atoms with Crippen molar-refractivity contribution in [1.82, 2.24) is 4.57 Å². The minimum absolute atomic E-state index is 0.0301. The summed E-state index contributed by atoms with van der Waals surface area (Å²) < 4.78 is 7.78. The average Bonchev–Trinajstić information content (AvgIpc) is 2.58. The molecule has 0 amide bonds. The molecule has 1 aromatic heterocycles. The van der Waals surface area contributed by atoms with Crippen LogP contribution in [0.15, 0.2) is 57.8 Å². The van der Waals surface area contributed by atoms with Crippen molar-refractivity contribution in [2.45, 2.75) is 13.5 Å². The Labute approximate surface area is 147 Å². The van der Waals surface area contributed by atoms with Crippen molar-refractivity contribution in [2.24, 2.45) is 0 Å². The predicted molar refractivity (Wildman–Crippen MR) is 98.0 cm³/mol. The van der Waals surface area contributed by atoms with Crippen molar-refractivity contribution in [3.8, 4) is 5.75 Å². The Balaban J connectivity index is 2.14. The number of ether oxygens (including phenoxy) is 1. The molecule has 0 spiro atoms. The number of aryl methyl sites for hydroxylation is 1. The predicted octanol–water partition coefficient (Wildman–Crippen LogP) is 3.96. The summed E-state index contributed by atoms with van der Waals surface area (Å²) in [5, 5.41) is 0.901. The van der Waals surface area contributed by atoms with E-state index in [9.17, 15) is 9.59 Å². The van der Waals surface area contributed by atoms with Gasteiger partial charge in [0.05, 0.1) is 19.2 Å². The van der Waals surface area contributed by atoms with E-state index in [1.54, 1.807) is 31.4 Å². The number of ketones is 1. The van der Waals surface area contributed by atoms with Gasteiger partial charge in [0.25, 0.3) is 5.56 Å². The molecule has 0 aliphatic carbocycles. The van der Waals surface area contributed by atoms with Crippen LogP contribution in [0.1, 0.15) is 15.9 Å². The van der Waals surface area contributed by atoms with Gasteiger partial charge in [-0.1, -0.05) is 40.2 Å². The molecule has 0 saturated carbocycles. The summed E-state index contributed by atoms with van der Waals surface area (Å²) in [5.74, 6) is 0.456. The third-order valence-electron chi connectivity index (χ3n) is 3.99. The van der Waals surface area contributed by atoms with Crippen LogP contribution in [-0.4, -0.2) is 17.5 Å². The smallest absolute Gasteiger partial charge is 0.251 e. The number of carbonyl (C=O) groups excluding carboxylic acids is 1. The molecule has 1 heterocycles. The van der Waals surface area contributed by atoms with E-state index < -0.39 is 0 Å². The molecule has 2 aromatic carbocycles. The fourth-order valence-corrected chi connectivity index (χ4v) is 3.03. The second-order valence-corrected chi connectivity index (χ2v) is 6.45. The van der Waals surface area contributed by atoms with Gasteiger partial charge in [-0.2, -0.15) is 0 Å². The molecule has 5 heteroatoms. The highest BCUT2D eigenvalue weighted by atomic mass is 79.9. The monoisotopic (exact) mass is 385 g/mol. The Hall–Kier alpha value is -2.40. The second kappa shape index (κ2) is 6.61. The molecule has 0 aliphatic rings. The van der Waals surface area contributed by atoms with Crippen molar-refractivity contribution in [3.05, 3.63) is 74.5 Å². The van der Waals surface area contributed by atoms with E-state index in [2.05, 4.69) is 15.9 Å². The van der Waals surface area contributed by atoms with Gasteiger partial charge in [-0.15, -0.1) is 0 Å². The van der Waals surface area contributed by atoms with Crippen LogP contribution in [0.25, 0.3) is 10.9 Å². The maximum absolute atomic E-state index is 12.6. The molecule has 0 aliphatic heterocycles. The van der Waals surface area contributed by atoms with Gasteiger partial charge in [0, 0.05) is 21.5 Å². The number of Topliss-reactive ketones (excluding diaryl/α,β-unsaturated/α-hetero) is 1. The molecule has 0 N–H and O–H groups in total. The van der Waals surface area contributed by atoms with Gasteiger partial charge < -0.3 is 4.74 Å². The highest BCUT2D eigenvalue weighted by molar-refractivity contribution is 9.10. The quantitative estimate of drug-likeness (QED) is 0.638. The van der Waals surface area contributed by atoms with Gasteiger partial charge in [-0.25, -0.2) is 0 Å². The molecule has 0 fully saturated rings. The van der Waals surface area contributed by atoms with E-state index >= 15 is 0 Å². The summed E-state index contributed by atoms with van der Waals surface area (Å²) in [7, 11) is 1.56. The molecule has 3 rings (SSSR count). The number of para-hydroxylation sites is 1. The zero-order valence-corrected chi connectivity index (χ0v) is 15.0. The largest absolute Gasteiger partial charge is 0.495 e. The van der Waals surface area contributed by atoms with Crippen LogP contribution in [-0.2, 0) is 6.54 Å². The maximum Gasteiger partial charge on any atom is 0.251 e. The maximum atomic E-state index is 12.6. The van der Waals surface area contributed by atoms with E-state index in [1.807, 2.05) is 31.2 Å². The minimum Gasteiger partial charge on any atom is -0.495 e. The van der Waals surface area contributed by atoms with E-state index in [-0.39, 0.29) is 17.9 Å². The number of hydrogen-bond donors (Lipinski definition) is 0. The van der Waals surface area contributed by atoms with Gasteiger partial charge in [-0.05, 0) is 30.7 Å². The molecule has 3 aromatic rings. The number of carbonyl (C=O) groups is 1. The zero-order valence-electron chi connectivity index (χ0n) is 13.4. The van der Waals surface area contributed by atoms with Crippen LogP contribution in [0.3, 0.4) is 0 Å². The Morgan fingerprint density at radius 1 is 1.17 bits per heavy atom. The number of fused-ring (bicyclic) bond motifs is 1. The van der Waals surface area contributed by atoms with Gasteiger partial charge in [0.1, 0.15) is 5.75 Å². The number of nitrogens with zero attached hydrogens (tertiary/aromatic N) is 1. The van der Waals surface area contributed by atoms with E-state index in [0.717, 1.165) is 15.4 Å². The Bertz CT molecular complexity index is 974. The lowest BCUT2D eigenvalue weighted by atomic mass is 10.1. The fraction of sp³-hybridized carbons (Fsp3) is 0.158. The summed E-state index contributed by atoms with van der Waals surface area (Å²) in [6.07, 6.45) is 0. The van der Waals surface area contributed by atoms with Gasteiger partial charge >= 0.3 is 0 Å². The number of benzene rings is 2. The van der Waals surface area contributed by atoms with Crippen LogP contribution in [0.5, 0.6) is 5.75 Å². The topological polar surface area (TPSA) is 48.3 Å². The van der Waals surface area contributed by atoms with E-state index in [4.69, 9.17) is 4.74 Å². The lowest BCUT2D eigenvalue weighted by Crippen LogP contribution is -2.25. The number of rotatable bonds is 4. The number of pyridine rings is 1. The molecular weight excluding hydrogens is 370 g/mol. The number of hydrogen-bond acceptors (Lipinski definition) is 3. The Kier molecular flexibility index (Phi) is 4.53. The molecule has 0 bridgehead atoms. The third kappa shape index (κ3) is 2.99. The lowest BCUT2D eigenvalue weighted by molar-refractivity contribution is 0.0972. The fourth-order valence-electron chi connectivity index (χ4n) is 2.76. The molecule has 0 unspecified atom stereocenters. The van der Waals surface area contributed by atoms with Gasteiger partial charge in [0.2, 0.25) is 0 Å². The molecule has 24 heavy (non-hydrogen) atoms. The van der Waals surface area contributed by atoms with Crippen LogP contribution < -0.4 is 10.3 Å². The van der Waals surface area contributed by atoms with Crippen LogP contribution in [0, 0.1) is 6.92 Å². The average molecular weight is 386 g/mol. The number of halogens is 1. The minimum atomic E-state index is -0.213. The van der Waals surface area contributed by atoms with Crippen molar-refractivity contribution in [2.75, 3.05) is 7.11 Å². The number of methoxy groups -OCH3 is 1. The van der Waals surface area contributed by atoms with Crippen molar-refractivity contribution in [1.29, 1.82) is 0 Å². The Morgan fingerprint density at radius 3 is 2.54 bits per heavy atom. The van der Waals surface area contributed by atoms with E-state index in [1.165, 1.54) is 4.57 Å². The molecule has 4 nitrogen and oxygen atoms in total. The van der Waals surface area contributed by atoms with Crippen LogP contribution in [0.2, 0.25) is 0 Å². The van der Waals surface area contributed by atoms with Crippen molar-refractivity contribution >= 4 is 32.6 Å². The van der Waals surface area contributed by atoms with Crippen LogP contribution >= 0.6 is 15.9 Å². The molecule has 0 saturated heterocycles. The Morgan fingerprint density at radius 2 is 1.88 bits per heavy atom. The summed E-state index contributed by atoms with van der Waals surface area (Å²) in [6, 6.07) is 14.2. The first-order chi connectivity index (χ1) is 11.5. The SMILES string of the molecule is COc1cccc2c(C)cc(=O)n(CC(=O)c3ccc(Br)cc3)c12. The summed E-state index contributed by atoms with van der Waals surface area (Å²) in [6.45, 7) is 1.85. The molecule has 122 valence electrons. The normalized spacial score (nSPS) is 10.8. The zero-order chi connectivity index (χ0) is 17.3. The highest BCUT2D eigenvalue weighted by Gasteiger charge is 2.15. The molecular formula is C19H16BrNO3. The van der Waals surface area contributed by atoms with Crippen molar-refractivity contribution < 1.29 is 9.53 Å². The number of aromatic nitrogens is 1. The van der Waals surface area contributed by atoms with E-state index in [0.29, 0.717) is 16.8 Å². The van der Waals surface area contributed by atoms with Crippen molar-refractivity contribution in [3.63, 3.8) is 0 Å². The van der Waals surface area contributed by atoms with Crippen LogP contribution in [0.4, 0.5) is 0 Å². The first-order valence-electron chi connectivity index (χ1n) is 7.47. The van der Waals surface area contributed by atoms with Gasteiger partial charge in [-0.3, -0.25) is 14.2 Å². The highest BCUT2D eigenvalue weighted by Crippen LogP contribution is 2.26. The molecule has 0 atom stereocenters. The standard InChI is InChI=1S/C19H16BrNO3/c1-12-10-18(23)21(19-15(12)4-3-5-17(19)24-2)11-16(22)13-6-8-14(20)9-7-13/h3-10H,11H2,1-2H3. The summed E-state index contributed by atoms with van der Waals surface area (Å²) in [5.41, 5.74) is 1.86. The lowest BCUT2D eigenvalue weighted by Gasteiger charge is -2.14. The van der Waals surface area contributed by atoms with Gasteiger partial charge in [0.15, 0.2) is 5.78 Å². The summed E-state index contributed by atoms with van der Waals surface area (Å²) in [4.78, 5) is 25.1.